The maximum absolute atomic E-state index is 12.6. The van der Waals surface area contributed by atoms with E-state index in [0.29, 0.717) is 16.6 Å². The highest BCUT2D eigenvalue weighted by Crippen LogP contribution is 2.14. The van der Waals surface area contributed by atoms with Crippen molar-refractivity contribution in [2.75, 3.05) is 12.4 Å². The summed E-state index contributed by atoms with van der Waals surface area (Å²) in [5.41, 5.74) is 1.89. The van der Waals surface area contributed by atoms with Crippen LogP contribution in [0.2, 0.25) is 0 Å². The molecule has 0 saturated carbocycles. The molecule has 0 spiro atoms. The number of nitrogens with one attached hydrogen (secondary N) is 1. The van der Waals surface area contributed by atoms with E-state index >= 15 is 0 Å². The number of anilines is 1. The molecule has 4 aromatic rings. The van der Waals surface area contributed by atoms with Crippen LogP contribution >= 0.6 is 0 Å². The molecule has 1 N–H and O–H groups in total. The van der Waals surface area contributed by atoms with E-state index in [2.05, 4.69) is 15.6 Å². The summed E-state index contributed by atoms with van der Waals surface area (Å²) in [7, 11) is 1.59. The SMILES string of the molecule is COc1ccc(NC(=O)C[n+]2cccc(Cn3nnc4ccccc4c3=O)c2)cc1.[Cl-]. The number of pyridine rings is 1. The smallest absolute Gasteiger partial charge is 0.290 e. The molecule has 9 heteroatoms. The Bertz CT molecular complexity index is 1260. The Labute approximate surface area is 184 Å². The second-order valence-electron chi connectivity index (χ2n) is 6.73. The van der Waals surface area contributed by atoms with Crippen molar-refractivity contribution in [3.63, 3.8) is 0 Å². The third-order valence-corrected chi connectivity index (χ3v) is 4.58. The summed E-state index contributed by atoms with van der Waals surface area (Å²) in [6, 6.07) is 17.9. The first kappa shape index (κ1) is 21.9. The van der Waals surface area contributed by atoms with Crippen molar-refractivity contribution in [2.24, 2.45) is 0 Å². The number of fused-ring (bicyclic) bond motifs is 1. The van der Waals surface area contributed by atoms with Gasteiger partial charge in [0, 0.05) is 17.3 Å². The highest BCUT2D eigenvalue weighted by Gasteiger charge is 2.12. The number of carbonyl (C=O) groups excluding carboxylic acids is 1. The van der Waals surface area contributed by atoms with Crippen LogP contribution in [0, 0.1) is 0 Å². The molecule has 0 aliphatic rings. The number of methoxy groups -OCH3 is 1. The normalized spacial score (nSPS) is 10.4. The number of halogens is 1. The highest BCUT2D eigenvalue weighted by molar-refractivity contribution is 5.89. The first-order chi connectivity index (χ1) is 14.6. The topological polar surface area (TPSA) is 90.0 Å². The molecule has 0 aliphatic carbocycles. The van der Waals surface area contributed by atoms with Gasteiger partial charge < -0.3 is 22.5 Å². The fourth-order valence-electron chi connectivity index (χ4n) is 3.11. The van der Waals surface area contributed by atoms with Crippen LogP contribution < -0.4 is 32.6 Å². The summed E-state index contributed by atoms with van der Waals surface area (Å²) in [6.07, 6.45) is 3.61. The third-order valence-electron chi connectivity index (χ3n) is 4.58. The predicted octanol–water partition coefficient (Wildman–Crippen LogP) is -1.22. The number of hydrogen-bond acceptors (Lipinski definition) is 5. The Morgan fingerprint density at radius 3 is 2.65 bits per heavy atom. The summed E-state index contributed by atoms with van der Waals surface area (Å²) in [5, 5.41) is 11.5. The van der Waals surface area contributed by atoms with Gasteiger partial charge in [-0.2, -0.15) is 4.57 Å². The molecular weight excluding hydrogens is 418 g/mol. The van der Waals surface area contributed by atoms with E-state index in [1.165, 1.54) is 4.68 Å². The van der Waals surface area contributed by atoms with E-state index in [1.54, 1.807) is 60.3 Å². The molecule has 0 fully saturated rings. The molecule has 0 bridgehead atoms. The van der Waals surface area contributed by atoms with Crippen molar-refractivity contribution in [1.82, 2.24) is 15.0 Å². The zero-order valence-corrected chi connectivity index (χ0v) is 17.5. The van der Waals surface area contributed by atoms with Crippen LogP contribution in [0.3, 0.4) is 0 Å². The minimum Gasteiger partial charge on any atom is -1.00 e. The Morgan fingerprint density at radius 2 is 1.87 bits per heavy atom. The molecule has 0 atom stereocenters. The zero-order chi connectivity index (χ0) is 20.9. The van der Waals surface area contributed by atoms with Gasteiger partial charge in [-0.1, -0.05) is 17.3 Å². The molecule has 8 nitrogen and oxygen atoms in total. The predicted molar refractivity (Wildman–Crippen MR) is 111 cm³/mol. The Hall–Kier alpha value is -3.78. The number of aromatic nitrogens is 4. The van der Waals surface area contributed by atoms with Crippen molar-refractivity contribution < 1.29 is 26.5 Å². The van der Waals surface area contributed by atoms with Gasteiger partial charge in [0.1, 0.15) is 11.3 Å². The van der Waals surface area contributed by atoms with E-state index in [-0.39, 0.29) is 37.0 Å². The standard InChI is InChI=1S/C22H19N5O3.ClH/c1-30-18-10-8-17(9-11-18)23-21(28)15-26-12-4-5-16(13-26)14-27-22(29)19-6-2-3-7-20(19)24-25-27;/h2-13H,14-15H2,1H3;1H. The van der Waals surface area contributed by atoms with E-state index in [4.69, 9.17) is 4.74 Å². The second kappa shape index (κ2) is 9.82. The lowest BCUT2D eigenvalue weighted by Crippen LogP contribution is -3.00. The molecule has 4 rings (SSSR count). The van der Waals surface area contributed by atoms with Gasteiger partial charge in [0.2, 0.25) is 6.54 Å². The molecule has 2 aromatic heterocycles. The number of rotatable bonds is 6. The van der Waals surface area contributed by atoms with Gasteiger partial charge in [-0.25, -0.2) is 4.68 Å². The molecule has 0 aliphatic heterocycles. The van der Waals surface area contributed by atoms with Gasteiger partial charge in [-0.15, -0.1) is 5.10 Å². The van der Waals surface area contributed by atoms with Crippen LogP contribution in [-0.4, -0.2) is 28.0 Å². The Morgan fingerprint density at radius 1 is 1.10 bits per heavy atom. The van der Waals surface area contributed by atoms with Crippen molar-refractivity contribution in [1.29, 1.82) is 0 Å². The lowest BCUT2D eigenvalue weighted by Gasteiger charge is -2.06. The minimum absolute atomic E-state index is 0. The van der Waals surface area contributed by atoms with Crippen LogP contribution in [0.1, 0.15) is 5.56 Å². The second-order valence-corrected chi connectivity index (χ2v) is 6.73. The van der Waals surface area contributed by atoms with Gasteiger partial charge in [0.25, 0.3) is 11.5 Å². The average Bonchev–Trinajstić information content (AvgIpc) is 2.77. The van der Waals surface area contributed by atoms with Crippen molar-refractivity contribution in [2.45, 2.75) is 13.1 Å². The van der Waals surface area contributed by atoms with Gasteiger partial charge in [0.15, 0.2) is 12.4 Å². The van der Waals surface area contributed by atoms with Crippen molar-refractivity contribution in [3.8, 4) is 5.75 Å². The number of ether oxygens (including phenoxy) is 1. The van der Waals surface area contributed by atoms with Gasteiger partial charge >= 0.3 is 0 Å². The lowest BCUT2D eigenvalue weighted by atomic mass is 10.2. The van der Waals surface area contributed by atoms with E-state index < -0.39 is 0 Å². The summed E-state index contributed by atoms with van der Waals surface area (Å²) in [5.74, 6) is 0.562. The summed E-state index contributed by atoms with van der Waals surface area (Å²) < 4.78 is 8.19. The van der Waals surface area contributed by atoms with Gasteiger partial charge in [-0.05, 0) is 42.5 Å². The molecule has 31 heavy (non-hydrogen) atoms. The molecule has 158 valence electrons. The summed E-state index contributed by atoms with van der Waals surface area (Å²) in [6.45, 7) is 0.399. The molecule has 2 heterocycles. The zero-order valence-electron chi connectivity index (χ0n) is 16.7. The summed E-state index contributed by atoms with van der Waals surface area (Å²) >= 11 is 0. The van der Waals surface area contributed by atoms with E-state index in [9.17, 15) is 9.59 Å². The largest absolute Gasteiger partial charge is 1.00 e. The number of benzene rings is 2. The van der Waals surface area contributed by atoms with Crippen molar-refractivity contribution >= 4 is 22.5 Å². The first-order valence-electron chi connectivity index (χ1n) is 9.37. The fraction of sp³-hybridized carbons (Fsp3) is 0.136. The van der Waals surface area contributed by atoms with E-state index in [0.717, 1.165) is 11.3 Å². The molecular formula is C22H20ClN5O3. The van der Waals surface area contributed by atoms with Crippen LogP contribution in [0.15, 0.2) is 77.9 Å². The third kappa shape index (κ3) is 5.23. The maximum Gasteiger partial charge on any atom is 0.290 e. The molecule has 2 aromatic carbocycles. The summed E-state index contributed by atoms with van der Waals surface area (Å²) in [4.78, 5) is 25.0. The minimum atomic E-state index is -0.201. The lowest BCUT2D eigenvalue weighted by molar-refractivity contribution is -0.684. The van der Waals surface area contributed by atoms with Gasteiger partial charge in [-0.3, -0.25) is 9.59 Å². The monoisotopic (exact) mass is 437 g/mol. The van der Waals surface area contributed by atoms with Crippen LogP contribution in [0.4, 0.5) is 5.69 Å². The number of amides is 1. The van der Waals surface area contributed by atoms with Crippen LogP contribution in [0.25, 0.3) is 10.9 Å². The number of nitrogens with zero attached hydrogens (tertiary/aromatic N) is 4. The molecule has 0 saturated heterocycles. The number of hydrogen-bond donors (Lipinski definition) is 1. The van der Waals surface area contributed by atoms with E-state index in [1.807, 2.05) is 24.4 Å². The fourth-order valence-corrected chi connectivity index (χ4v) is 3.11. The molecule has 0 radical (unpaired) electrons. The van der Waals surface area contributed by atoms with Crippen LogP contribution in [0.5, 0.6) is 5.75 Å². The first-order valence-corrected chi connectivity index (χ1v) is 9.37. The van der Waals surface area contributed by atoms with Gasteiger partial charge in [0.05, 0.1) is 19.0 Å². The Kier molecular flexibility index (Phi) is 6.94. The maximum atomic E-state index is 12.6. The molecule has 0 unspecified atom stereocenters. The number of carbonyl (C=O) groups is 1. The average molecular weight is 438 g/mol. The quantitative estimate of drug-likeness (QED) is 0.382. The van der Waals surface area contributed by atoms with Crippen LogP contribution in [-0.2, 0) is 17.9 Å². The molecule has 1 amide bonds. The Balaban J connectivity index is 0.00000272. The highest BCUT2D eigenvalue weighted by atomic mass is 35.5. The van der Waals surface area contributed by atoms with Crippen molar-refractivity contribution in [3.05, 3.63) is 89.0 Å².